The van der Waals surface area contributed by atoms with Crippen LogP contribution in [0.5, 0.6) is 0 Å². The van der Waals surface area contributed by atoms with Gasteiger partial charge in [0.15, 0.2) is 11.5 Å². The molecule has 148 valence electrons. The Balaban J connectivity index is 1.97. The lowest BCUT2D eigenvalue weighted by Crippen LogP contribution is -2.47. The van der Waals surface area contributed by atoms with Gasteiger partial charge in [0.05, 0.1) is 23.0 Å². The van der Waals surface area contributed by atoms with E-state index in [1.807, 2.05) is 13.0 Å². The molecule has 0 amide bonds. The van der Waals surface area contributed by atoms with E-state index in [0.29, 0.717) is 28.5 Å². The number of halogens is 1. The van der Waals surface area contributed by atoms with Gasteiger partial charge in [0.25, 0.3) is 0 Å². The molecule has 1 unspecified atom stereocenters. The molecule has 2 aromatic rings. The number of piperidine rings is 1. The Bertz CT molecular complexity index is 916. The first kappa shape index (κ1) is 20.5. The molecule has 7 nitrogen and oxygen atoms in total. The van der Waals surface area contributed by atoms with Gasteiger partial charge in [0.1, 0.15) is 11.8 Å². The van der Waals surface area contributed by atoms with E-state index in [0.717, 1.165) is 25.9 Å². The van der Waals surface area contributed by atoms with E-state index in [1.54, 1.807) is 6.07 Å². The summed E-state index contributed by atoms with van der Waals surface area (Å²) in [7, 11) is 0. The monoisotopic (exact) mass is 400 g/mol. The average Bonchev–Trinajstić information content (AvgIpc) is 2.69. The van der Waals surface area contributed by atoms with Crippen molar-refractivity contribution in [2.45, 2.75) is 46.3 Å². The number of hydrogen-bond donors (Lipinski definition) is 2. The van der Waals surface area contributed by atoms with Gasteiger partial charge in [0, 0.05) is 30.9 Å². The third-order valence-corrected chi connectivity index (χ3v) is 6.21. The first-order valence-electron chi connectivity index (χ1n) is 9.34. The lowest BCUT2D eigenvalue weighted by atomic mass is 9.75. The number of nitrogens with zero attached hydrogens (tertiary/aromatic N) is 5. The van der Waals surface area contributed by atoms with Crippen LogP contribution >= 0.6 is 11.6 Å². The van der Waals surface area contributed by atoms with E-state index in [9.17, 15) is 5.11 Å². The molecule has 0 saturated carbocycles. The first-order valence-corrected chi connectivity index (χ1v) is 9.72. The molecule has 1 aliphatic heterocycles. The van der Waals surface area contributed by atoms with E-state index in [2.05, 4.69) is 28.7 Å². The van der Waals surface area contributed by atoms with Crippen LogP contribution < -0.4 is 10.6 Å². The summed E-state index contributed by atoms with van der Waals surface area (Å²) in [5.41, 5.74) is 8.73. The topological polar surface area (TPSA) is 112 Å². The minimum absolute atomic E-state index is 0.108. The third-order valence-electron chi connectivity index (χ3n) is 5.83. The van der Waals surface area contributed by atoms with Crippen LogP contribution in [-0.2, 0) is 6.61 Å². The zero-order valence-electron chi connectivity index (χ0n) is 16.4. The first-order chi connectivity index (χ1) is 13.3. The van der Waals surface area contributed by atoms with Crippen LogP contribution in [0.4, 0.5) is 5.82 Å². The van der Waals surface area contributed by atoms with Gasteiger partial charge in [-0.1, -0.05) is 18.5 Å². The Hall–Kier alpha value is -2.27. The fourth-order valence-electron chi connectivity index (χ4n) is 3.55. The van der Waals surface area contributed by atoms with Gasteiger partial charge in [-0.05, 0) is 38.2 Å². The number of nitrogens with two attached hydrogens (primary N) is 1. The van der Waals surface area contributed by atoms with Crippen molar-refractivity contribution in [2.24, 2.45) is 11.1 Å². The number of anilines is 1. The van der Waals surface area contributed by atoms with Gasteiger partial charge >= 0.3 is 0 Å². The zero-order chi connectivity index (χ0) is 20.5. The van der Waals surface area contributed by atoms with E-state index in [1.165, 1.54) is 6.20 Å². The normalized spacial score (nSPS) is 17.2. The summed E-state index contributed by atoms with van der Waals surface area (Å²) >= 11 is 6.32. The second-order valence-electron chi connectivity index (χ2n) is 7.65. The smallest absolute Gasteiger partial charge is 0.159 e. The maximum atomic E-state index is 9.93. The van der Waals surface area contributed by atoms with Crippen LogP contribution in [0.25, 0.3) is 11.3 Å². The summed E-state index contributed by atoms with van der Waals surface area (Å²) in [6.07, 6.45) is 3.44. The minimum atomic E-state index is -0.232. The predicted octanol–water partition coefficient (Wildman–Crippen LogP) is 2.82. The Morgan fingerprint density at radius 2 is 2.07 bits per heavy atom. The molecule has 0 aliphatic carbocycles. The molecule has 28 heavy (non-hydrogen) atoms. The summed E-state index contributed by atoms with van der Waals surface area (Å²) in [5, 5.41) is 19.3. The molecular formula is C20H25ClN6O. The van der Waals surface area contributed by atoms with E-state index < -0.39 is 0 Å². The maximum absolute atomic E-state index is 9.93. The molecular weight excluding hydrogens is 376 g/mol. The lowest BCUT2D eigenvalue weighted by molar-refractivity contribution is 0.204. The highest BCUT2D eigenvalue weighted by molar-refractivity contribution is 6.34. The van der Waals surface area contributed by atoms with Gasteiger partial charge in [-0.2, -0.15) is 5.26 Å². The number of aliphatic hydroxyl groups excluding tert-OH is 1. The molecule has 8 heteroatoms. The van der Waals surface area contributed by atoms with Gasteiger partial charge in [-0.25, -0.2) is 15.0 Å². The number of nitriles is 1. The van der Waals surface area contributed by atoms with Crippen molar-refractivity contribution in [1.29, 1.82) is 5.26 Å². The molecule has 1 aliphatic rings. The van der Waals surface area contributed by atoms with Crippen LogP contribution in [0.1, 0.15) is 43.8 Å². The summed E-state index contributed by atoms with van der Waals surface area (Å²) in [6, 6.07) is 3.81. The highest BCUT2D eigenvalue weighted by Gasteiger charge is 2.34. The standard InChI is InChI=1S/C20H25ClN6O/c1-12-18(14-4-7-24-15(10-22)17(14)21)26-16(11-28)19(25-12)27-8-5-20(3,6-9-27)13(2)23/h4,7,13,28H,5-6,8-9,11,23H2,1-3H3. The number of aromatic nitrogens is 3. The van der Waals surface area contributed by atoms with Crippen LogP contribution in [0.2, 0.25) is 5.02 Å². The SMILES string of the molecule is Cc1nc(N2CCC(C)(C(C)N)CC2)c(CO)nc1-c1ccnc(C#N)c1Cl. The van der Waals surface area contributed by atoms with Gasteiger partial charge < -0.3 is 15.7 Å². The largest absolute Gasteiger partial charge is 0.390 e. The Labute approximate surface area is 170 Å². The molecule has 3 rings (SSSR count). The van der Waals surface area contributed by atoms with Crippen molar-refractivity contribution in [3.05, 3.63) is 34.4 Å². The molecule has 3 heterocycles. The number of hydrogen-bond acceptors (Lipinski definition) is 7. The second-order valence-corrected chi connectivity index (χ2v) is 8.03. The summed E-state index contributed by atoms with van der Waals surface area (Å²) in [4.78, 5) is 15.5. The van der Waals surface area contributed by atoms with Gasteiger partial charge in [-0.15, -0.1) is 0 Å². The fourth-order valence-corrected chi connectivity index (χ4v) is 3.79. The van der Waals surface area contributed by atoms with Crippen LogP contribution in [-0.4, -0.2) is 39.2 Å². The van der Waals surface area contributed by atoms with Crippen LogP contribution in [0.3, 0.4) is 0 Å². The molecule has 1 atom stereocenters. The Morgan fingerprint density at radius 3 is 2.64 bits per heavy atom. The molecule has 0 aromatic carbocycles. The number of aliphatic hydroxyl groups is 1. The molecule has 0 bridgehead atoms. The van der Waals surface area contributed by atoms with Crippen molar-refractivity contribution in [3.63, 3.8) is 0 Å². The van der Waals surface area contributed by atoms with Crippen molar-refractivity contribution in [2.75, 3.05) is 18.0 Å². The molecule has 1 fully saturated rings. The maximum Gasteiger partial charge on any atom is 0.159 e. The van der Waals surface area contributed by atoms with Crippen molar-refractivity contribution < 1.29 is 5.11 Å². The van der Waals surface area contributed by atoms with E-state index in [-0.39, 0.29) is 28.8 Å². The summed E-state index contributed by atoms with van der Waals surface area (Å²) in [6.45, 7) is 7.53. The van der Waals surface area contributed by atoms with E-state index >= 15 is 0 Å². The average molecular weight is 401 g/mol. The third kappa shape index (κ3) is 3.68. The Morgan fingerprint density at radius 1 is 1.39 bits per heavy atom. The lowest BCUT2D eigenvalue weighted by Gasteiger charge is -2.42. The minimum Gasteiger partial charge on any atom is -0.390 e. The molecule has 1 saturated heterocycles. The quantitative estimate of drug-likeness (QED) is 0.811. The van der Waals surface area contributed by atoms with Crippen molar-refractivity contribution in [1.82, 2.24) is 15.0 Å². The van der Waals surface area contributed by atoms with Crippen LogP contribution in [0, 0.1) is 23.7 Å². The zero-order valence-corrected chi connectivity index (χ0v) is 17.2. The van der Waals surface area contributed by atoms with Crippen molar-refractivity contribution in [3.8, 4) is 17.3 Å². The molecule has 0 spiro atoms. The number of rotatable bonds is 4. The second kappa shape index (κ2) is 8.00. The van der Waals surface area contributed by atoms with Gasteiger partial charge in [-0.3, -0.25) is 0 Å². The molecule has 3 N–H and O–H groups in total. The van der Waals surface area contributed by atoms with E-state index in [4.69, 9.17) is 27.6 Å². The summed E-state index contributed by atoms with van der Waals surface area (Å²) < 4.78 is 0. The summed E-state index contributed by atoms with van der Waals surface area (Å²) in [5.74, 6) is 0.696. The number of aryl methyl sites for hydroxylation is 1. The van der Waals surface area contributed by atoms with Gasteiger partial charge in [0.2, 0.25) is 0 Å². The van der Waals surface area contributed by atoms with Crippen molar-refractivity contribution >= 4 is 17.4 Å². The Kier molecular flexibility index (Phi) is 5.84. The van der Waals surface area contributed by atoms with Crippen LogP contribution in [0.15, 0.2) is 12.3 Å². The fraction of sp³-hybridized carbons (Fsp3) is 0.500. The molecule has 2 aromatic heterocycles. The number of pyridine rings is 1. The highest BCUT2D eigenvalue weighted by atomic mass is 35.5. The highest BCUT2D eigenvalue weighted by Crippen LogP contribution is 2.37. The molecule has 0 radical (unpaired) electrons. The predicted molar refractivity (Wildman–Crippen MR) is 109 cm³/mol.